The van der Waals surface area contributed by atoms with Gasteiger partial charge in [-0.05, 0) is 30.0 Å². The number of amides is 1. The number of carbonyl (C=O) groups excluding carboxylic acids is 3. The van der Waals surface area contributed by atoms with Gasteiger partial charge >= 0.3 is 5.97 Å². The van der Waals surface area contributed by atoms with Crippen LogP contribution in [-0.2, 0) is 14.4 Å². The fourth-order valence-corrected chi connectivity index (χ4v) is 2.83. The predicted molar refractivity (Wildman–Crippen MR) is 70.8 cm³/mol. The number of rotatable bonds is 3. The highest BCUT2D eigenvalue weighted by molar-refractivity contribution is 8.14. The van der Waals surface area contributed by atoms with Crippen molar-refractivity contribution in [3.8, 4) is 0 Å². The number of fused-ring (bicyclic) bond motifs is 1. The lowest BCUT2D eigenvalue weighted by molar-refractivity contribution is -0.139. The molecule has 1 heterocycles. The Morgan fingerprint density at radius 1 is 1.35 bits per heavy atom. The van der Waals surface area contributed by atoms with E-state index < -0.39 is 35.2 Å². The first-order chi connectivity index (χ1) is 9.40. The first-order valence-corrected chi connectivity index (χ1v) is 6.64. The molecule has 1 amide bonds. The first kappa shape index (κ1) is 14.5. The molecule has 0 saturated heterocycles. The van der Waals surface area contributed by atoms with E-state index >= 15 is 0 Å². The standard InChI is InChI=1S/C12H8ClNO5S/c13-5-1-2-7-6(3-5)10(17)9(12(19)20-7)11(18)14-4-8(15)16/h1-3,9H,4H2,(H,14,18)(H,15,16). The lowest BCUT2D eigenvalue weighted by atomic mass is 9.97. The van der Waals surface area contributed by atoms with E-state index in [2.05, 4.69) is 0 Å². The molecule has 2 rings (SSSR count). The molecule has 0 aliphatic carbocycles. The zero-order chi connectivity index (χ0) is 14.9. The fraction of sp³-hybridized carbons (Fsp3) is 0.167. The molecule has 0 saturated carbocycles. The third kappa shape index (κ3) is 2.83. The number of hydrogen-bond acceptors (Lipinski definition) is 5. The lowest BCUT2D eigenvalue weighted by Gasteiger charge is -2.20. The van der Waals surface area contributed by atoms with Gasteiger partial charge in [0.2, 0.25) is 11.0 Å². The van der Waals surface area contributed by atoms with Gasteiger partial charge in [0.05, 0.1) is 0 Å². The molecule has 0 aromatic heterocycles. The van der Waals surface area contributed by atoms with Crippen LogP contribution in [-0.4, -0.2) is 34.4 Å². The van der Waals surface area contributed by atoms with E-state index in [4.69, 9.17) is 16.7 Å². The normalized spacial score (nSPS) is 17.6. The summed E-state index contributed by atoms with van der Waals surface area (Å²) in [6, 6.07) is 4.46. The Morgan fingerprint density at radius 3 is 2.70 bits per heavy atom. The number of thioether (sulfide) groups is 1. The minimum absolute atomic E-state index is 0.192. The largest absolute Gasteiger partial charge is 0.480 e. The van der Waals surface area contributed by atoms with Crippen LogP contribution in [0.15, 0.2) is 23.1 Å². The van der Waals surface area contributed by atoms with Gasteiger partial charge in [0.15, 0.2) is 11.7 Å². The third-order valence-corrected chi connectivity index (χ3v) is 3.84. The molecule has 2 N–H and O–H groups in total. The van der Waals surface area contributed by atoms with Crippen LogP contribution in [0.2, 0.25) is 5.02 Å². The number of ketones is 1. The van der Waals surface area contributed by atoms with E-state index in [1.54, 1.807) is 6.07 Å². The SMILES string of the molecule is O=C(O)CNC(=O)C1C(=O)Sc2ccc(Cl)cc2C1=O. The number of carboxylic acids is 1. The predicted octanol–water partition coefficient (Wildman–Crippen LogP) is 0.972. The molecule has 8 heteroatoms. The molecular weight excluding hydrogens is 306 g/mol. The minimum atomic E-state index is -1.54. The molecule has 104 valence electrons. The number of carboxylic acid groups (broad SMARTS) is 1. The summed E-state index contributed by atoms with van der Waals surface area (Å²) >= 11 is 6.55. The van der Waals surface area contributed by atoms with Crippen molar-refractivity contribution in [2.45, 2.75) is 4.90 Å². The van der Waals surface area contributed by atoms with Gasteiger partial charge in [-0.15, -0.1) is 0 Å². The number of hydrogen-bond donors (Lipinski definition) is 2. The maximum atomic E-state index is 12.2. The van der Waals surface area contributed by atoms with Crippen LogP contribution < -0.4 is 5.32 Å². The average molecular weight is 314 g/mol. The van der Waals surface area contributed by atoms with Gasteiger partial charge in [-0.1, -0.05) is 11.6 Å². The second-order valence-electron chi connectivity index (χ2n) is 3.97. The van der Waals surface area contributed by atoms with E-state index in [9.17, 15) is 19.2 Å². The van der Waals surface area contributed by atoms with Gasteiger partial charge < -0.3 is 10.4 Å². The molecule has 0 radical (unpaired) electrons. The molecule has 1 unspecified atom stereocenters. The van der Waals surface area contributed by atoms with E-state index in [-0.39, 0.29) is 5.56 Å². The first-order valence-electron chi connectivity index (χ1n) is 5.45. The summed E-state index contributed by atoms with van der Waals surface area (Å²) in [6.45, 7) is -0.650. The van der Waals surface area contributed by atoms with Crippen molar-refractivity contribution in [3.05, 3.63) is 28.8 Å². The van der Waals surface area contributed by atoms with Crippen molar-refractivity contribution >= 4 is 46.1 Å². The Kier molecular flexibility index (Phi) is 4.10. The van der Waals surface area contributed by atoms with Gasteiger partial charge in [0, 0.05) is 15.5 Å². The molecule has 1 aromatic rings. The van der Waals surface area contributed by atoms with Crippen molar-refractivity contribution in [2.75, 3.05) is 6.54 Å². The maximum absolute atomic E-state index is 12.2. The number of nitrogens with one attached hydrogen (secondary N) is 1. The number of benzene rings is 1. The van der Waals surface area contributed by atoms with Gasteiger partial charge in [-0.2, -0.15) is 0 Å². The summed E-state index contributed by atoms with van der Waals surface area (Å²) in [5, 5.41) is 10.2. The molecule has 1 aliphatic rings. The lowest BCUT2D eigenvalue weighted by Crippen LogP contribution is -2.42. The maximum Gasteiger partial charge on any atom is 0.322 e. The smallest absolute Gasteiger partial charge is 0.322 e. The van der Waals surface area contributed by atoms with Crippen LogP contribution in [0, 0.1) is 5.92 Å². The highest BCUT2D eigenvalue weighted by Crippen LogP contribution is 2.35. The molecule has 20 heavy (non-hydrogen) atoms. The highest BCUT2D eigenvalue weighted by Gasteiger charge is 2.40. The Labute approximate surface area is 122 Å². The summed E-state index contributed by atoms with van der Waals surface area (Å²) in [6.07, 6.45) is 0. The topological polar surface area (TPSA) is 101 Å². The van der Waals surface area contributed by atoms with Crippen LogP contribution in [0.3, 0.4) is 0 Å². The number of halogens is 1. The van der Waals surface area contributed by atoms with Crippen molar-refractivity contribution in [2.24, 2.45) is 5.92 Å². The average Bonchev–Trinajstić information content (AvgIpc) is 2.37. The molecule has 0 bridgehead atoms. The Morgan fingerprint density at radius 2 is 2.05 bits per heavy atom. The molecule has 1 aromatic carbocycles. The highest BCUT2D eigenvalue weighted by atomic mass is 35.5. The van der Waals surface area contributed by atoms with Crippen LogP contribution >= 0.6 is 23.4 Å². The van der Waals surface area contributed by atoms with Gasteiger partial charge in [0.1, 0.15) is 6.54 Å². The van der Waals surface area contributed by atoms with E-state index in [1.807, 2.05) is 5.32 Å². The third-order valence-electron chi connectivity index (χ3n) is 2.59. The molecular formula is C12H8ClNO5S. The van der Waals surface area contributed by atoms with E-state index in [0.717, 1.165) is 11.8 Å². The molecule has 0 fully saturated rings. The van der Waals surface area contributed by atoms with Crippen molar-refractivity contribution in [3.63, 3.8) is 0 Å². The zero-order valence-corrected chi connectivity index (χ0v) is 11.5. The minimum Gasteiger partial charge on any atom is -0.480 e. The van der Waals surface area contributed by atoms with Crippen LogP contribution in [0.1, 0.15) is 10.4 Å². The summed E-state index contributed by atoms with van der Waals surface area (Å²) in [5.74, 6) is -4.38. The van der Waals surface area contributed by atoms with Gasteiger partial charge in [-0.3, -0.25) is 19.2 Å². The summed E-state index contributed by atoms with van der Waals surface area (Å²) in [5.41, 5.74) is 0.192. The molecule has 6 nitrogen and oxygen atoms in total. The van der Waals surface area contributed by atoms with E-state index in [1.165, 1.54) is 12.1 Å². The van der Waals surface area contributed by atoms with Gasteiger partial charge in [0.25, 0.3) is 0 Å². The fourth-order valence-electron chi connectivity index (χ4n) is 1.70. The summed E-state index contributed by atoms with van der Waals surface area (Å²) in [7, 11) is 0. The zero-order valence-electron chi connectivity index (χ0n) is 9.88. The van der Waals surface area contributed by atoms with Crippen molar-refractivity contribution in [1.82, 2.24) is 5.32 Å². The second kappa shape index (κ2) is 5.64. The van der Waals surface area contributed by atoms with Crippen molar-refractivity contribution < 1.29 is 24.3 Å². The quantitative estimate of drug-likeness (QED) is 0.807. The van der Waals surface area contributed by atoms with E-state index in [0.29, 0.717) is 9.92 Å². The van der Waals surface area contributed by atoms with Crippen LogP contribution in [0.25, 0.3) is 0 Å². The van der Waals surface area contributed by atoms with Crippen molar-refractivity contribution in [1.29, 1.82) is 0 Å². The second-order valence-corrected chi connectivity index (χ2v) is 5.45. The Hall–Kier alpha value is -1.86. The number of aliphatic carboxylic acids is 1. The number of Topliss-reactive ketones (excluding diaryl/α,β-unsaturated/α-hetero) is 1. The summed E-state index contributed by atoms with van der Waals surface area (Å²) in [4.78, 5) is 46.6. The Balaban J connectivity index is 2.28. The molecule has 0 spiro atoms. The van der Waals surface area contributed by atoms with Gasteiger partial charge in [-0.25, -0.2) is 0 Å². The van der Waals surface area contributed by atoms with Crippen LogP contribution in [0.5, 0.6) is 0 Å². The monoisotopic (exact) mass is 313 g/mol. The molecule has 1 atom stereocenters. The number of carbonyl (C=O) groups is 4. The Bertz CT molecular complexity index is 630. The summed E-state index contributed by atoms with van der Waals surface area (Å²) < 4.78 is 0. The molecule has 1 aliphatic heterocycles. The van der Waals surface area contributed by atoms with Crippen LogP contribution in [0.4, 0.5) is 0 Å².